The van der Waals surface area contributed by atoms with E-state index in [9.17, 15) is 29.1 Å². The van der Waals surface area contributed by atoms with E-state index in [1.165, 1.54) is 24.3 Å². The number of aromatic amines is 1. The maximum Gasteiger partial charge on any atom is 0.326 e. The Bertz CT molecular complexity index is 773. The van der Waals surface area contributed by atoms with Gasteiger partial charge in [0.25, 0.3) is 0 Å². The number of hydrogen-bond donors (Lipinski definition) is 7. The second-order valence-corrected chi connectivity index (χ2v) is 7.49. The van der Waals surface area contributed by atoms with Gasteiger partial charge in [-0.3, -0.25) is 19.2 Å². The first-order valence-corrected chi connectivity index (χ1v) is 10.6. The van der Waals surface area contributed by atoms with Gasteiger partial charge in [-0.05, 0) is 18.4 Å². The quantitative estimate of drug-likeness (QED) is 0.158. The second kappa shape index (κ2) is 13.2. The van der Waals surface area contributed by atoms with Gasteiger partial charge < -0.3 is 36.9 Å². The van der Waals surface area contributed by atoms with Gasteiger partial charge in [0, 0.05) is 18.3 Å². The highest BCUT2D eigenvalue weighted by Gasteiger charge is 2.28. The number of carboxylic acids is 2. The van der Waals surface area contributed by atoms with Gasteiger partial charge in [-0.1, -0.05) is 0 Å². The molecular weight excluding hydrogens is 432 g/mol. The number of carbonyl (C=O) groups excluding carboxylic acids is 3. The third kappa shape index (κ3) is 9.95. The fraction of sp³-hybridized carbons (Fsp3) is 0.529. The summed E-state index contributed by atoms with van der Waals surface area (Å²) in [6.07, 6.45) is 4.21. The average molecular weight is 458 g/mol. The highest BCUT2D eigenvalue weighted by atomic mass is 32.2. The summed E-state index contributed by atoms with van der Waals surface area (Å²) in [4.78, 5) is 65.3. The van der Waals surface area contributed by atoms with Crippen LogP contribution in [0.1, 0.15) is 18.5 Å². The molecule has 3 unspecified atom stereocenters. The zero-order valence-electron chi connectivity index (χ0n) is 16.8. The smallest absolute Gasteiger partial charge is 0.326 e. The van der Waals surface area contributed by atoms with Gasteiger partial charge in [-0.25, -0.2) is 9.78 Å². The molecule has 0 saturated carbocycles. The normalized spacial score (nSPS) is 13.5. The summed E-state index contributed by atoms with van der Waals surface area (Å²) in [6, 6.07) is -3.70. The van der Waals surface area contributed by atoms with Crippen molar-refractivity contribution in [3.8, 4) is 0 Å². The molecule has 0 fully saturated rings. The fourth-order valence-electron chi connectivity index (χ4n) is 2.42. The van der Waals surface area contributed by atoms with E-state index in [-0.39, 0.29) is 12.8 Å². The SMILES string of the molecule is CSCCC(NC(=O)C(CC(=O)O)NC(=O)CNC(=O)C(N)Cc1cnc[nH]1)C(=O)O. The van der Waals surface area contributed by atoms with Crippen molar-refractivity contribution in [1.29, 1.82) is 0 Å². The number of aliphatic carboxylic acids is 2. The van der Waals surface area contributed by atoms with Gasteiger partial charge in [-0.15, -0.1) is 0 Å². The maximum atomic E-state index is 12.3. The van der Waals surface area contributed by atoms with Crippen molar-refractivity contribution < 1.29 is 34.2 Å². The van der Waals surface area contributed by atoms with Gasteiger partial charge in [0.05, 0.1) is 25.3 Å². The zero-order chi connectivity index (χ0) is 23.4. The minimum absolute atomic E-state index is 0.125. The number of amides is 3. The summed E-state index contributed by atoms with van der Waals surface area (Å²) in [5.74, 6) is -4.61. The van der Waals surface area contributed by atoms with E-state index in [2.05, 4.69) is 25.9 Å². The molecule has 31 heavy (non-hydrogen) atoms. The molecule has 1 heterocycles. The number of imidazole rings is 1. The third-order valence-electron chi connectivity index (χ3n) is 4.01. The van der Waals surface area contributed by atoms with E-state index in [1.807, 2.05) is 0 Å². The Kier molecular flexibility index (Phi) is 11.1. The largest absolute Gasteiger partial charge is 0.481 e. The van der Waals surface area contributed by atoms with E-state index in [0.29, 0.717) is 11.4 Å². The molecular formula is C17H26N6O7S. The molecule has 3 amide bonds. The highest BCUT2D eigenvalue weighted by molar-refractivity contribution is 7.98. The first-order chi connectivity index (χ1) is 14.6. The van der Waals surface area contributed by atoms with Crippen LogP contribution in [-0.2, 0) is 30.4 Å². The first kappa shape index (κ1) is 25.9. The van der Waals surface area contributed by atoms with Gasteiger partial charge in [0.2, 0.25) is 17.7 Å². The summed E-state index contributed by atoms with van der Waals surface area (Å²) in [5.41, 5.74) is 6.37. The van der Waals surface area contributed by atoms with Crippen LogP contribution in [0.25, 0.3) is 0 Å². The highest BCUT2D eigenvalue weighted by Crippen LogP contribution is 2.03. The van der Waals surface area contributed by atoms with Crippen LogP contribution < -0.4 is 21.7 Å². The van der Waals surface area contributed by atoms with Crippen LogP contribution >= 0.6 is 11.8 Å². The number of hydrogen-bond acceptors (Lipinski definition) is 8. The standard InChI is InChI=1S/C17H26N6O7S/c1-31-3-2-11(17(29)30)23-16(28)12(5-14(25)26)22-13(24)7-20-15(27)10(18)4-9-6-19-8-21-9/h6,8,10-12H,2-5,7,18H2,1H3,(H,19,21)(H,20,27)(H,22,24)(H,23,28)(H,25,26)(H,29,30). The van der Waals surface area contributed by atoms with E-state index >= 15 is 0 Å². The van der Waals surface area contributed by atoms with Crippen molar-refractivity contribution in [1.82, 2.24) is 25.9 Å². The Hall–Kier alpha value is -3.13. The number of carbonyl (C=O) groups is 5. The third-order valence-corrected chi connectivity index (χ3v) is 4.65. The number of thioether (sulfide) groups is 1. The molecule has 0 spiro atoms. The minimum Gasteiger partial charge on any atom is -0.481 e. The number of H-pyrrole nitrogens is 1. The molecule has 0 aliphatic carbocycles. The Morgan fingerprint density at radius 1 is 1.16 bits per heavy atom. The second-order valence-electron chi connectivity index (χ2n) is 6.50. The van der Waals surface area contributed by atoms with Gasteiger partial charge in [0.15, 0.2) is 0 Å². The summed E-state index contributed by atoms with van der Waals surface area (Å²) >= 11 is 1.38. The number of nitrogens with zero attached hydrogens (tertiary/aromatic N) is 1. The minimum atomic E-state index is -1.52. The molecule has 0 aliphatic rings. The van der Waals surface area contributed by atoms with Crippen molar-refractivity contribution in [3.05, 3.63) is 18.2 Å². The van der Waals surface area contributed by atoms with Crippen LogP contribution in [0.5, 0.6) is 0 Å². The number of aromatic nitrogens is 2. The van der Waals surface area contributed by atoms with Gasteiger partial charge >= 0.3 is 11.9 Å². The molecule has 0 aromatic carbocycles. The molecule has 1 aromatic heterocycles. The predicted molar refractivity (Wildman–Crippen MR) is 110 cm³/mol. The lowest BCUT2D eigenvalue weighted by Crippen LogP contribution is -2.54. The molecule has 0 radical (unpaired) electrons. The van der Waals surface area contributed by atoms with Crippen LogP contribution in [0.4, 0.5) is 0 Å². The number of carboxylic acid groups (broad SMARTS) is 2. The molecule has 0 aliphatic heterocycles. The Balaban J connectivity index is 2.61. The molecule has 13 nitrogen and oxygen atoms in total. The molecule has 0 bridgehead atoms. The lowest BCUT2D eigenvalue weighted by atomic mass is 10.1. The number of nitrogens with one attached hydrogen (secondary N) is 4. The monoisotopic (exact) mass is 458 g/mol. The number of nitrogens with two attached hydrogens (primary N) is 1. The van der Waals surface area contributed by atoms with Crippen molar-refractivity contribution in [2.75, 3.05) is 18.6 Å². The van der Waals surface area contributed by atoms with Crippen molar-refractivity contribution >= 4 is 41.4 Å². The Morgan fingerprint density at radius 2 is 1.87 bits per heavy atom. The summed E-state index contributed by atoms with van der Waals surface area (Å²) in [5, 5.41) is 24.9. The van der Waals surface area contributed by atoms with Crippen LogP contribution in [0, 0.1) is 0 Å². The summed E-state index contributed by atoms with van der Waals surface area (Å²) in [6.45, 7) is -0.548. The lowest BCUT2D eigenvalue weighted by molar-refractivity contribution is -0.143. The van der Waals surface area contributed by atoms with E-state index in [1.54, 1.807) is 6.26 Å². The molecule has 1 aromatic rings. The number of rotatable bonds is 14. The average Bonchev–Trinajstić information content (AvgIpc) is 3.20. The van der Waals surface area contributed by atoms with Gasteiger partial charge in [0.1, 0.15) is 12.1 Å². The molecule has 1 rings (SSSR count). The topological polar surface area (TPSA) is 217 Å². The van der Waals surface area contributed by atoms with Crippen molar-refractivity contribution in [2.24, 2.45) is 5.73 Å². The van der Waals surface area contributed by atoms with E-state index in [4.69, 9.17) is 10.8 Å². The van der Waals surface area contributed by atoms with Crippen LogP contribution in [-0.4, -0.2) is 86.5 Å². The van der Waals surface area contributed by atoms with Gasteiger partial charge in [-0.2, -0.15) is 11.8 Å². The molecule has 8 N–H and O–H groups in total. The van der Waals surface area contributed by atoms with Crippen LogP contribution in [0.3, 0.4) is 0 Å². The van der Waals surface area contributed by atoms with Crippen LogP contribution in [0.15, 0.2) is 12.5 Å². The molecule has 0 saturated heterocycles. The van der Waals surface area contributed by atoms with E-state index in [0.717, 1.165) is 0 Å². The summed E-state index contributed by atoms with van der Waals surface area (Å²) in [7, 11) is 0. The summed E-state index contributed by atoms with van der Waals surface area (Å²) < 4.78 is 0. The van der Waals surface area contributed by atoms with Crippen molar-refractivity contribution in [2.45, 2.75) is 37.4 Å². The Labute approximate surface area is 181 Å². The Morgan fingerprint density at radius 3 is 2.42 bits per heavy atom. The fourth-order valence-corrected chi connectivity index (χ4v) is 2.89. The molecule has 172 valence electrons. The van der Waals surface area contributed by atoms with Crippen LogP contribution in [0.2, 0.25) is 0 Å². The first-order valence-electron chi connectivity index (χ1n) is 9.17. The van der Waals surface area contributed by atoms with Crippen molar-refractivity contribution in [3.63, 3.8) is 0 Å². The zero-order valence-corrected chi connectivity index (χ0v) is 17.6. The van der Waals surface area contributed by atoms with E-state index < -0.39 is 60.8 Å². The molecule has 3 atom stereocenters. The lowest BCUT2D eigenvalue weighted by Gasteiger charge is -2.20. The predicted octanol–water partition coefficient (Wildman–Crippen LogP) is -2.32. The maximum absolute atomic E-state index is 12.3. The molecule has 14 heteroatoms.